The lowest BCUT2D eigenvalue weighted by Gasteiger charge is -2.33. The Bertz CT molecular complexity index is 3100. The van der Waals surface area contributed by atoms with E-state index in [2.05, 4.69) is 156 Å². The van der Waals surface area contributed by atoms with E-state index in [1.165, 1.54) is 10.8 Å². The van der Waals surface area contributed by atoms with Gasteiger partial charge in [-0.3, -0.25) is 0 Å². The van der Waals surface area contributed by atoms with Crippen molar-refractivity contribution in [2.75, 3.05) is 0 Å². The van der Waals surface area contributed by atoms with Crippen LogP contribution in [0.2, 0.25) is 0 Å². The Labute approximate surface area is 305 Å². The molecule has 5 heteroatoms. The second-order valence-electron chi connectivity index (χ2n) is 13.9. The van der Waals surface area contributed by atoms with E-state index < -0.39 is 0 Å². The molecule has 4 nitrogen and oxygen atoms in total. The molecule has 53 heavy (non-hydrogen) atoms. The highest BCUT2D eigenvalue weighted by Crippen LogP contribution is 2.45. The predicted molar refractivity (Wildman–Crippen MR) is 217 cm³/mol. The molecule has 0 saturated carbocycles. The molecule has 0 saturated heterocycles. The van der Waals surface area contributed by atoms with Crippen molar-refractivity contribution < 1.29 is 13.8 Å². The first-order chi connectivity index (χ1) is 26.3. The summed E-state index contributed by atoms with van der Waals surface area (Å²) in [6.07, 6.45) is 0. The Kier molecular flexibility index (Phi) is 5.83. The third-order valence-corrected chi connectivity index (χ3v) is 11.1. The Morgan fingerprint density at radius 2 is 1.09 bits per heavy atom. The lowest BCUT2D eigenvalue weighted by atomic mass is 9.50. The van der Waals surface area contributed by atoms with Gasteiger partial charge in [0.25, 0.3) is 0 Å². The van der Waals surface area contributed by atoms with Crippen LogP contribution in [0.1, 0.15) is 0 Å². The van der Waals surface area contributed by atoms with E-state index in [-0.39, 0.29) is 6.92 Å². The third-order valence-electron chi connectivity index (χ3n) is 11.1. The van der Waals surface area contributed by atoms with E-state index in [9.17, 15) is 0 Å². The molecule has 0 fully saturated rings. The third kappa shape index (κ3) is 4.07. The number of hydrogen-bond donors (Lipinski definition) is 0. The van der Waals surface area contributed by atoms with E-state index in [0.29, 0.717) is 0 Å². The summed E-state index contributed by atoms with van der Waals surface area (Å²) in [4.78, 5) is 0. The molecule has 246 valence electrons. The maximum atomic E-state index is 7.01. The molecule has 10 aromatic rings. The van der Waals surface area contributed by atoms with Crippen LogP contribution in [0.15, 0.2) is 174 Å². The summed E-state index contributed by atoms with van der Waals surface area (Å²) in [6.45, 7) is -0.306. The molecule has 0 atom stereocenters. The van der Waals surface area contributed by atoms with Crippen LogP contribution in [-0.2, 0) is 0 Å². The van der Waals surface area contributed by atoms with Crippen LogP contribution >= 0.6 is 0 Å². The first-order valence-electron chi connectivity index (χ1n) is 18.0. The largest absolute Gasteiger partial charge is 0.551 e. The quantitative estimate of drug-likeness (QED) is 0.175. The molecule has 2 aromatic heterocycles. The molecular formula is C48H28BNO3. The smallest absolute Gasteiger partial charge is 0.434 e. The van der Waals surface area contributed by atoms with E-state index in [4.69, 9.17) is 13.8 Å². The Balaban J connectivity index is 1.06. The molecule has 0 radical (unpaired) electrons. The lowest BCUT2D eigenvalue weighted by Crippen LogP contribution is -2.53. The fourth-order valence-corrected chi connectivity index (χ4v) is 8.77. The molecule has 4 heterocycles. The summed E-state index contributed by atoms with van der Waals surface area (Å²) in [5.41, 5.74) is 13.7. The second kappa shape index (κ2) is 10.8. The highest BCUT2D eigenvalue weighted by atomic mass is 16.5. The fourth-order valence-electron chi connectivity index (χ4n) is 8.77. The molecule has 0 spiro atoms. The van der Waals surface area contributed by atoms with Crippen molar-refractivity contribution >= 4 is 61.6 Å². The van der Waals surface area contributed by atoms with Crippen LogP contribution in [0.3, 0.4) is 0 Å². The number of hydrogen-bond acceptors (Lipinski definition) is 3. The summed E-state index contributed by atoms with van der Waals surface area (Å²) in [7, 11) is 0. The molecule has 0 aliphatic carbocycles. The summed E-state index contributed by atoms with van der Waals surface area (Å²) in [5.74, 6) is 2.47. The van der Waals surface area contributed by atoms with Crippen LogP contribution < -0.4 is 20.3 Å². The standard InChI is InChI=1S/C48H28BNO3/c1-2-13-32(37-18-11-19-38-35-16-5-9-22-43(35)52-48(37)38)31(12-1)29-26-39-36-17-6-10-23-44(36)53-49-40-25-24-30(28-45(40)51-46(27-29)47(39)49)50-41-20-7-3-14-33(41)34-15-4-8-21-42(34)50/h1-28H. The minimum absolute atomic E-state index is 0.306. The van der Waals surface area contributed by atoms with Gasteiger partial charge < -0.3 is 18.4 Å². The van der Waals surface area contributed by atoms with E-state index in [1.54, 1.807) is 0 Å². The fraction of sp³-hybridized carbons (Fsp3) is 0. The topological polar surface area (TPSA) is 36.5 Å². The Hall–Kier alpha value is -6.98. The molecule has 0 bridgehead atoms. The zero-order valence-electron chi connectivity index (χ0n) is 28.4. The van der Waals surface area contributed by atoms with E-state index in [1.807, 2.05) is 18.2 Å². The van der Waals surface area contributed by atoms with Gasteiger partial charge in [-0.1, -0.05) is 121 Å². The summed E-state index contributed by atoms with van der Waals surface area (Å²) >= 11 is 0. The van der Waals surface area contributed by atoms with Crippen LogP contribution in [0.25, 0.3) is 82.8 Å². The molecule has 8 aromatic carbocycles. The average molecular weight is 678 g/mol. The van der Waals surface area contributed by atoms with Crippen molar-refractivity contribution in [3.05, 3.63) is 170 Å². The van der Waals surface area contributed by atoms with Gasteiger partial charge in [-0.25, -0.2) is 0 Å². The molecule has 2 aliphatic rings. The normalized spacial score (nSPS) is 12.8. The maximum absolute atomic E-state index is 7.01. The van der Waals surface area contributed by atoms with Crippen LogP contribution in [0.4, 0.5) is 0 Å². The van der Waals surface area contributed by atoms with Gasteiger partial charge in [-0.15, -0.1) is 0 Å². The number of nitrogens with zero attached hydrogens (tertiary/aromatic N) is 1. The van der Waals surface area contributed by atoms with Crippen molar-refractivity contribution in [1.29, 1.82) is 0 Å². The van der Waals surface area contributed by atoms with Gasteiger partial charge in [0.2, 0.25) is 0 Å². The minimum atomic E-state index is -0.306. The number of ether oxygens (including phenoxy) is 1. The average Bonchev–Trinajstić information content (AvgIpc) is 3.77. The number of rotatable bonds is 3. The monoisotopic (exact) mass is 677 g/mol. The van der Waals surface area contributed by atoms with Crippen molar-refractivity contribution in [1.82, 2.24) is 4.57 Å². The van der Waals surface area contributed by atoms with Crippen LogP contribution in [-0.4, -0.2) is 11.5 Å². The van der Waals surface area contributed by atoms with Gasteiger partial charge in [0.1, 0.15) is 28.4 Å². The molecular weight excluding hydrogens is 649 g/mol. The first-order valence-corrected chi connectivity index (χ1v) is 18.0. The molecule has 0 N–H and O–H groups in total. The van der Waals surface area contributed by atoms with Crippen molar-refractivity contribution in [2.24, 2.45) is 0 Å². The van der Waals surface area contributed by atoms with Gasteiger partial charge >= 0.3 is 6.92 Å². The molecule has 0 unspecified atom stereocenters. The minimum Gasteiger partial charge on any atom is -0.551 e. The van der Waals surface area contributed by atoms with Crippen molar-refractivity contribution in [3.8, 4) is 56.3 Å². The Morgan fingerprint density at radius 1 is 0.434 bits per heavy atom. The lowest BCUT2D eigenvalue weighted by molar-refractivity contribution is 0.479. The summed E-state index contributed by atoms with van der Waals surface area (Å²) in [6, 6.07) is 59.9. The molecule has 2 aliphatic heterocycles. The number of benzene rings is 8. The van der Waals surface area contributed by atoms with Crippen LogP contribution in [0.5, 0.6) is 17.2 Å². The zero-order valence-corrected chi connectivity index (χ0v) is 28.4. The number of aromatic nitrogens is 1. The van der Waals surface area contributed by atoms with Crippen molar-refractivity contribution in [2.45, 2.75) is 0 Å². The van der Waals surface area contributed by atoms with E-state index in [0.717, 1.165) is 100 Å². The van der Waals surface area contributed by atoms with Gasteiger partial charge in [-0.2, -0.15) is 0 Å². The Morgan fingerprint density at radius 3 is 1.92 bits per heavy atom. The SMILES string of the molecule is c1ccc2c(c1)OB1c3ccc(-n4c5ccccc5c5ccccc54)cc3Oc3cc(-c4ccccc4-c4cccc5c4oc4ccccc45)cc-2c31. The highest BCUT2D eigenvalue weighted by Gasteiger charge is 2.41. The predicted octanol–water partition coefficient (Wildman–Crippen LogP) is 11.3. The van der Waals surface area contributed by atoms with Crippen LogP contribution in [0, 0.1) is 0 Å². The van der Waals surface area contributed by atoms with Crippen molar-refractivity contribution in [3.63, 3.8) is 0 Å². The second-order valence-corrected chi connectivity index (χ2v) is 13.9. The maximum Gasteiger partial charge on any atom is 0.434 e. The first kappa shape index (κ1) is 28.7. The zero-order chi connectivity index (χ0) is 34.6. The molecule has 0 amide bonds. The number of para-hydroxylation sites is 5. The summed E-state index contributed by atoms with van der Waals surface area (Å²) < 4.78 is 22.7. The van der Waals surface area contributed by atoms with Gasteiger partial charge in [0, 0.05) is 55.4 Å². The summed E-state index contributed by atoms with van der Waals surface area (Å²) in [5, 5.41) is 4.69. The number of fused-ring (bicyclic) bond motifs is 10. The highest BCUT2D eigenvalue weighted by molar-refractivity contribution is 6.84. The molecule has 12 rings (SSSR count). The van der Waals surface area contributed by atoms with E-state index >= 15 is 0 Å². The van der Waals surface area contributed by atoms with Gasteiger partial charge in [-0.05, 0) is 64.7 Å². The van der Waals surface area contributed by atoms with Gasteiger partial charge in [0.05, 0.1) is 11.0 Å². The number of furan rings is 1. The van der Waals surface area contributed by atoms with Gasteiger partial charge in [0.15, 0.2) is 0 Å².